The highest BCUT2D eigenvalue weighted by molar-refractivity contribution is 5.85. The normalized spacial score (nSPS) is 9.26. The molecular formula is C17H12ClN. The molecule has 0 atom stereocenters. The lowest BCUT2D eigenvalue weighted by atomic mass is 10.1. The van der Waals surface area contributed by atoms with E-state index in [0.29, 0.717) is 0 Å². The first kappa shape index (κ1) is 13.1. The number of pyridine rings is 1. The van der Waals surface area contributed by atoms with Gasteiger partial charge >= 0.3 is 0 Å². The van der Waals surface area contributed by atoms with Crippen LogP contribution in [0.3, 0.4) is 0 Å². The van der Waals surface area contributed by atoms with Crippen LogP contribution in [-0.4, -0.2) is 4.98 Å². The Labute approximate surface area is 118 Å². The zero-order valence-corrected chi connectivity index (χ0v) is 11.0. The maximum atomic E-state index is 4.10. The van der Waals surface area contributed by atoms with E-state index in [1.165, 1.54) is 5.39 Å². The Kier molecular flexibility index (Phi) is 4.18. The number of halogens is 1. The molecule has 0 unspecified atom stereocenters. The number of aromatic nitrogens is 1. The molecule has 1 aromatic heterocycles. The number of benzene rings is 2. The molecule has 92 valence electrons. The lowest BCUT2D eigenvalue weighted by molar-refractivity contribution is 1.36. The zero-order valence-electron chi connectivity index (χ0n) is 10.2. The van der Waals surface area contributed by atoms with Crippen molar-refractivity contribution in [1.82, 2.24) is 4.98 Å². The molecule has 3 rings (SSSR count). The van der Waals surface area contributed by atoms with Crippen molar-refractivity contribution >= 4 is 23.2 Å². The molecule has 0 aliphatic rings. The van der Waals surface area contributed by atoms with Crippen LogP contribution in [0.2, 0.25) is 0 Å². The molecule has 0 amide bonds. The van der Waals surface area contributed by atoms with Gasteiger partial charge in [0.05, 0.1) is 0 Å². The molecule has 0 bridgehead atoms. The number of fused-ring (bicyclic) bond motifs is 1. The largest absolute Gasteiger partial charge is 0.264 e. The van der Waals surface area contributed by atoms with Crippen LogP contribution in [0, 0.1) is 11.8 Å². The van der Waals surface area contributed by atoms with Gasteiger partial charge in [0, 0.05) is 28.9 Å². The van der Waals surface area contributed by atoms with E-state index in [4.69, 9.17) is 0 Å². The maximum absolute atomic E-state index is 4.10. The quantitative estimate of drug-likeness (QED) is 0.559. The van der Waals surface area contributed by atoms with Gasteiger partial charge in [0.1, 0.15) is 0 Å². The molecule has 3 aromatic rings. The second-order valence-electron chi connectivity index (χ2n) is 4.05. The molecule has 0 radical (unpaired) electrons. The first-order valence-electron chi connectivity index (χ1n) is 5.83. The summed E-state index contributed by atoms with van der Waals surface area (Å²) in [6.45, 7) is 0. The van der Waals surface area contributed by atoms with E-state index >= 15 is 0 Å². The fourth-order valence-corrected chi connectivity index (χ4v) is 1.83. The molecule has 19 heavy (non-hydrogen) atoms. The average molecular weight is 266 g/mol. The highest BCUT2D eigenvalue weighted by atomic mass is 35.5. The Morgan fingerprint density at radius 2 is 1.53 bits per heavy atom. The molecule has 2 heteroatoms. The van der Waals surface area contributed by atoms with Crippen LogP contribution < -0.4 is 0 Å². The third-order valence-corrected chi connectivity index (χ3v) is 2.77. The summed E-state index contributed by atoms with van der Waals surface area (Å²) in [6, 6.07) is 18.2. The summed E-state index contributed by atoms with van der Waals surface area (Å²) in [5.74, 6) is 6.34. The van der Waals surface area contributed by atoms with E-state index < -0.39 is 0 Å². The third kappa shape index (κ3) is 3.13. The van der Waals surface area contributed by atoms with Crippen molar-refractivity contribution in [3.63, 3.8) is 0 Å². The van der Waals surface area contributed by atoms with E-state index in [1.807, 2.05) is 48.7 Å². The summed E-state index contributed by atoms with van der Waals surface area (Å²) in [7, 11) is 0. The van der Waals surface area contributed by atoms with Crippen molar-refractivity contribution in [2.75, 3.05) is 0 Å². The Morgan fingerprint density at radius 1 is 0.737 bits per heavy atom. The third-order valence-electron chi connectivity index (χ3n) is 2.77. The Hall–Kier alpha value is -2.30. The molecule has 1 heterocycles. The van der Waals surface area contributed by atoms with E-state index in [2.05, 4.69) is 29.0 Å². The van der Waals surface area contributed by atoms with Crippen LogP contribution in [0.1, 0.15) is 11.1 Å². The summed E-state index contributed by atoms with van der Waals surface area (Å²) in [5, 5.41) is 2.31. The lowest BCUT2D eigenvalue weighted by Gasteiger charge is -1.96. The van der Waals surface area contributed by atoms with Crippen LogP contribution in [0.15, 0.2) is 67.0 Å². The molecular weight excluding hydrogens is 254 g/mol. The topological polar surface area (TPSA) is 12.9 Å². The molecule has 0 spiro atoms. The van der Waals surface area contributed by atoms with Gasteiger partial charge < -0.3 is 0 Å². The van der Waals surface area contributed by atoms with Crippen LogP contribution in [-0.2, 0) is 0 Å². The Morgan fingerprint density at radius 3 is 2.37 bits per heavy atom. The van der Waals surface area contributed by atoms with Gasteiger partial charge in [-0.2, -0.15) is 0 Å². The van der Waals surface area contributed by atoms with Gasteiger partial charge in [-0.05, 0) is 35.7 Å². The summed E-state index contributed by atoms with van der Waals surface area (Å²) in [5.41, 5.74) is 2.06. The van der Waals surface area contributed by atoms with Crippen molar-refractivity contribution in [2.24, 2.45) is 0 Å². The molecule has 0 fully saturated rings. The van der Waals surface area contributed by atoms with Crippen LogP contribution >= 0.6 is 12.4 Å². The minimum atomic E-state index is 0. The smallest absolute Gasteiger partial charge is 0.0346 e. The van der Waals surface area contributed by atoms with E-state index in [-0.39, 0.29) is 12.4 Å². The molecule has 1 nitrogen and oxygen atoms in total. The number of hydrogen-bond acceptors (Lipinski definition) is 1. The highest BCUT2D eigenvalue weighted by Gasteiger charge is 1.93. The fourth-order valence-electron chi connectivity index (χ4n) is 1.83. The van der Waals surface area contributed by atoms with E-state index in [9.17, 15) is 0 Å². The number of rotatable bonds is 0. The Bertz CT molecular complexity index is 739. The first-order chi connectivity index (χ1) is 8.92. The molecule has 0 aliphatic carbocycles. The van der Waals surface area contributed by atoms with Gasteiger partial charge in [-0.15, -0.1) is 12.4 Å². The number of hydrogen-bond donors (Lipinski definition) is 0. The van der Waals surface area contributed by atoms with Gasteiger partial charge in [0.2, 0.25) is 0 Å². The minimum absolute atomic E-state index is 0. The molecule has 0 N–H and O–H groups in total. The SMILES string of the molecule is C(#Cc1ccc2cnccc2c1)c1ccccc1.Cl. The van der Waals surface area contributed by atoms with Crippen LogP contribution in [0.25, 0.3) is 10.8 Å². The van der Waals surface area contributed by atoms with E-state index in [0.717, 1.165) is 16.5 Å². The van der Waals surface area contributed by atoms with Crippen LogP contribution in [0.4, 0.5) is 0 Å². The summed E-state index contributed by atoms with van der Waals surface area (Å²) < 4.78 is 0. The molecule has 0 aliphatic heterocycles. The van der Waals surface area contributed by atoms with Gasteiger partial charge in [-0.3, -0.25) is 4.98 Å². The summed E-state index contributed by atoms with van der Waals surface area (Å²) in [4.78, 5) is 4.10. The van der Waals surface area contributed by atoms with Gasteiger partial charge in [-0.1, -0.05) is 36.1 Å². The summed E-state index contributed by atoms with van der Waals surface area (Å²) >= 11 is 0. The molecule has 0 saturated carbocycles. The van der Waals surface area contributed by atoms with Gasteiger partial charge in [0.25, 0.3) is 0 Å². The van der Waals surface area contributed by atoms with Gasteiger partial charge in [0.15, 0.2) is 0 Å². The minimum Gasteiger partial charge on any atom is -0.264 e. The van der Waals surface area contributed by atoms with Crippen LogP contribution in [0.5, 0.6) is 0 Å². The van der Waals surface area contributed by atoms with Crippen molar-refractivity contribution in [1.29, 1.82) is 0 Å². The fraction of sp³-hybridized carbons (Fsp3) is 0. The predicted octanol–water partition coefficient (Wildman–Crippen LogP) is 4.06. The van der Waals surface area contributed by atoms with Crippen molar-refractivity contribution in [3.05, 3.63) is 78.1 Å². The lowest BCUT2D eigenvalue weighted by Crippen LogP contribution is -1.79. The standard InChI is InChI=1S/C17H11N.ClH/c1-2-4-14(5-3-1)6-7-15-8-9-17-13-18-11-10-16(17)12-15;/h1-5,8-13H;1H. The predicted molar refractivity (Wildman–Crippen MR) is 81.4 cm³/mol. The monoisotopic (exact) mass is 265 g/mol. The molecule has 2 aromatic carbocycles. The average Bonchev–Trinajstić information content (AvgIpc) is 2.46. The molecule has 0 saturated heterocycles. The number of nitrogens with zero attached hydrogens (tertiary/aromatic N) is 1. The van der Waals surface area contributed by atoms with Crippen molar-refractivity contribution < 1.29 is 0 Å². The first-order valence-corrected chi connectivity index (χ1v) is 5.83. The Balaban J connectivity index is 0.00000133. The van der Waals surface area contributed by atoms with Crippen molar-refractivity contribution in [2.45, 2.75) is 0 Å². The van der Waals surface area contributed by atoms with Gasteiger partial charge in [-0.25, -0.2) is 0 Å². The zero-order chi connectivity index (χ0) is 12.2. The van der Waals surface area contributed by atoms with E-state index in [1.54, 1.807) is 6.20 Å². The maximum Gasteiger partial charge on any atom is 0.0346 e. The van der Waals surface area contributed by atoms with Crippen molar-refractivity contribution in [3.8, 4) is 11.8 Å². The second-order valence-corrected chi connectivity index (χ2v) is 4.05. The highest BCUT2D eigenvalue weighted by Crippen LogP contribution is 2.13. The second kappa shape index (κ2) is 6.04. The summed E-state index contributed by atoms with van der Waals surface area (Å²) in [6.07, 6.45) is 3.67.